The number of para-hydroxylation sites is 1. The molecule has 0 spiro atoms. The van der Waals surface area contributed by atoms with Crippen molar-refractivity contribution in [2.75, 3.05) is 25.5 Å². The summed E-state index contributed by atoms with van der Waals surface area (Å²) in [6.45, 7) is 4.91. The SMILES string of the molecule is C=CC(=O)N1CC2CC1(C#Cc1cnccc1-c1[nH]c3c(c1Nc1cccc(Cl)c1OC)C(=O)NCC3)C2. The number of benzene rings is 1. The van der Waals surface area contributed by atoms with Crippen molar-refractivity contribution in [1.82, 2.24) is 20.2 Å². The number of pyridine rings is 1. The van der Waals surface area contributed by atoms with Crippen LogP contribution in [0, 0.1) is 17.8 Å². The number of methoxy groups -OCH3 is 1. The van der Waals surface area contributed by atoms with Crippen LogP contribution in [-0.2, 0) is 11.2 Å². The van der Waals surface area contributed by atoms with Gasteiger partial charge in [0.2, 0.25) is 5.91 Å². The van der Waals surface area contributed by atoms with Crippen LogP contribution in [0.25, 0.3) is 11.3 Å². The first-order valence-electron chi connectivity index (χ1n) is 12.5. The van der Waals surface area contributed by atoms with Crippen molar-refractivity contribution in [3.8, 4) is 28.8 Å². The first kappa shape index (κ1) is 24.1. The third-order valence-electron chi connectivity index (χ3n) is 7.57. The van der Waals surface area contributed by atoms with E-state index < -0.39 is 5.54 Å². The minimum Gasteiger partial charge on any atom is -0.493 e. The van der Waals surface area contributed by atoms with Crippen LogP contribution >= 0.6 is 11.6 Å². The zero-order chi connectivity index (χ0) is 26.4. The molecule has 2 bridgehead atoms. The molecule has 0 radical (unpaired) electrons. The number of rotatable bonds is 5. The van der Waals surface area contributed by atoms with Crippen molar-refractivity contribution < 1.29 is 14.3 Å². The second kappa shape index (κ2) is 9.26. The van der Waals surface area contributed by atoms with E-state index in [0.29, 0.717) is 58.7 Å². The van der Waals surface area contributed by atoms with E-state index >= 15 is 0 Å². The number of aromatic amines is 1. The van der Waals surface area contributed by atoms with Gasteiger partial charge in [0.25, 0.3) is 5.91 Å². The molecule has 2 aromatic heterocycles. The number of anilines is 2. The van der Waals surface area contributed by atoms with Crippen LogP contribution in [0.3, 0.4) is 0 Å². The van der Waals surface area contributed by atoms with E-state index in [1.807, 2.05) is 23.1 Å². The Bertz CT molecular complexity index is 1540. The molecule has 3 fully saturated rings. The van der Waals surface area contributed by atoms with Crippen LogP contribution in [0.1, 0.15) is 34.5 Å². The Morgan fingerprint density at radius 3 is 3.00 bits per heavy atom. The number of fused-ring (bicyclic) bond motifs is 2. The zero-order valence-corrected chi connectivity index (χ0v) is 21.6. The predicted octanol–water partition coefficient (Wildman–Crippen LogP) is 4.30. The first-order valence-corrected chi connectivity index (χ1v) is 12.9. The monoisotopic (exact) mass is 527 g/mol. The average molecular weight is 528 g/mol. The molecule has 38 heavy (non-hydrogen) atoms. The minimum absolute atomic E-state index is 0.0873. The maximum Gasteiger partial charge on any atom is 0.255 e. The molecule has 0 atom stereocenters. The molecule has 4 aliphatic rings. The number of ether oxygens (including phenoxy) is 1. The van der Waals surface area contributed by atoms with Gasteiger partial charge >= 0.3 is 0 Å². The molecule has 1 saturated carbocycles. The summed E-state index contributed by atoms with van der Waals surface area (Å²) in [5.41, 5.74) is 4.37. The van der Waals surface area contributed by atoms with E-state index in [4.69, 9.17) is 16.3 Å². The first-order chi connectivity index (χ1) is 18.4. The number of carbonyl (C=O) groups excluding carboxylic acids is 2. The van der Waals surface area contributed by atoms with E-state index in [1.54, 1.807) is 25.6 Å². The minimum atomic E-state index is -0.465. The van der Waals surface area contributed by atoms with Crippen LogP contribution in [0.2, 0.25) is 5.02 Å². The highest BCUT2D eigenvalue weighted by molar-refractivity contribution is 6.32. The van der Waals surface area contributed by atoms with Crippen LogP contribution < -0.4 is 15.4 Å². The predicted molar refractivity (Wildman–Crippen MR) is 146 cm³/mol. The quantitative estimate of drug-likeness (QED) is 0.339. The summed E-state index contributed by atoms with van der Waals surface area (Å²) in [6, 6.07) is 7.29. The molecule has 192 valence electrons. The summed E-state index contributed by atoms with van der Waals surface area (Å²) in [4.78, 5) is 35.1. The van der Waals surface area contributed by atoms with Gasteiger partial charge in [-0.15, -0.1) is 0 Å². The van der Waals surface area contributed by atoms with Crippen molar-refractivity contribution in [3.05, 3.63) is 71.2 Å². The van der Waals surface area contributed by atoms with Gasteiger partial charge in [-0.05, 0) is 43.0 Å². The summed E-state index contributed by atoms with van der Waals surface area (Å²) in [5.74, 6) is 7.43. The summed E-state index contributed by atoms with van der Waals surface area (Å²) in [5, 5.41) is 6.80. The van der Waals surface area contributed by atoms with Crippen LogP contribution in [-0.4, -0.2) is 52.4 Å². The third kappa shape index (κ3) is 3.82. The molecule has 9 heteroatoms. The summed E-state index contributed by atoms with van der Waals surface area (Å²) < 4.78 is 5.54. The number of halogens is 1. The summed E-state index contributed by atoms with van der Waals surface area (Å²) in [7, 11) is 1.55. The molecule has 0 unspecified atom stereocenters. The summed E-state index contributed by atoms with van der Waals surface area (Å²) in [6.07, 6.45) is 7.17. The lowest BCUT2D eigenvalue weighted by Gasteiger charge is -2.37. The van der Waals surface area contributed by atoms with Gasteiger partial charge in [0.1, 0.15) is 5.54 Å². The van der Waals surface area contributed by atoms with E-state index in [0.717, 1.165) is 29.8 Å². The lowest BCUT2D eigenvalue weighted by Crippen LogP contribution is -2.46. The van der Waals surface area contributed by atoms with Crippen molar-refractivity contribution in [1.29, 1.82) is 0 Å². The molecule has 1 aliphatic carbocycles. The normalized spacial score (nSPS) is 20.9. The molecular formula is C29H26ClN5O3. The van der Waals surface area contributed by atoms with Gasteiger partial charge in [-0.3, -0.25) is 14.6 Å². The Morgan fingerprint density at radius 1 is 1.37 bits per heavy atom. The Balaban J connectivity index is 1.46. The molecule has 8 nitrogen and oxygen atoms in total. The molecule has 2 saturated heterocycles. The van der Waals surface area contributed by atoms with Crippen molar-refractivity contribution in [2.45, 2.75) is 24.8 Å². The molecule has 7 rings (SSSR count). The number of hydrogen-bond donors (Lipinski definition) is 3. The third-order valence-corrected chi connectivity index (χ3v) is 7.86. The number of aromatic nitrogens is 2. The highest BCUT2D eigenvalue weighted by Gasteiger charge is 2.56. The maximum absolute atomic E-state index is 13.0. The fraction of sp³-hybridized carbons (Fsp3) is 0.276. The van der Waals surface area contributed by atoms with E-state index in [2.05, 4.69) is 39.0 Å². The zero-order valence-electron chi connectivity index (χ0n) is 20.9. The van der Waals surface area contributed by atoms with Crippen molar-refractivity contribution in [3.63, 3.8) is 0 Å². The van der Waals surface area contributed by atoms with Crippen molar-refractivity contribution in [2.24, 2.45) is 5.92 Å². The fourth-order valence-corrected chi connectivity index (χ4v) is 6.06. The Kier molecular flexibility index (Phi) is 5.88. The molecular weight excluding hydrogens is 502 g/mol. The van der Waals surface area contributed by atoms with Gasteiger partial charge in [-0.25, -0.2) is 0 Å². The number of amides is 2. The Labute approximate surface area is 225 Å². The second-order valence-corrected chi connectivity index (χ2v) is 10.2. The number of nitrogens with zero attached hydrogens (tertiary/aromatic N) is 2. The van der Waals surface area contributed by atoms with E-state index in [9.17, 15) is 9.59 Å². The smallest absolute Gasteiger partial charge is 0.255 e. The van der Waals surface area contributed by atoms with Gasteiger partial charge in [0.05, 0.1) is 40.3 Å². The van der Waals surface area contributed by atoms with Crippen LogP contribution in [0.5, 0.6) is 5.75 Å². The molecule has 2 amide bonds. The average Bonchev–Trinajstić information content (AvgIpc) is 3.58. The maximum atomic E-state index is 13.0. The second-order valence-electron chi connectivity index (χ2n) is 9.81. The Morgan fingerprint density at radius 2 is 2.21 bits per heavy atom. The molecule has 3 aromatic rings. The topological polar surface area (TPSA) is 99.3 Å². The molecule has 5 heterocycles. The number of nitrogens with one attached hydrogen (secondary N) is 3. The van der Waals surface area contributed by atoms with E-state index in [1.165, 1.54) is 6.08 Å². The van der Waals surface area contributed by atoms with Gasteiger partial charge in [-0.2, -0.15) is 0 Å². The number of H-pyrrole nitrogens is 1. The number of hydrogen-bond acceptors (Lipinski definition) is 5. The van der Waals surface area contributed by atoms with Gasteiger partial charge in [-0.1, -0.05) is 36.1 Å². The highest BCUT2D eigenvalue weighted by atomic mass is 35.5. The van der Waals surface area contributed by atoms with Gasteiger partial charge in [0.15, 0.2) is 5.75 Å². The fourth-order valence-electron chi connectivity index (χ4n) is 5.81. The molecule has 3 aliphatic heterocycles. The number of carbonyl (C=O) groups is 2. The molecule has 1 aromatic carbocycles. The largest absolute Gasteiger partial charge is 0.493 e. The summed E-state index contributed by atoms with van der Waals surface area (Å²) >= 11 is 6.38. The highest BCUT2D eigenvalue weighted by Crippen LogP contribution is 2.50. The van der Waals surface area contributed by atoms with Gasteiger partial charge in [0, 0.05) is 43.2 Å². The van der Waals surface area contributed by atoms with Gasteiger partial charge < -0.3 is 25.3 Å². The van der Waals surface area contributed by atoms with Crippen LogP contribution in [0.4, 0.5) is 11.4 Å². The standard InChI is InChI=1S/C29H26ClN5O3/c1-3-23(36)35-16-17-13-29(35,14-17)10-7-18-15-31-11-8-19(18)25-26(24-21(33-25)9-12-32-28(24)37)34-22-6-4-5-20(30)27(22)38-2/h3-6,8,11,15,17,33-34H,1,9,12-14,16H2,2H3,(H,32,37). The van der Waals surface area contributed by atoms with E-state index in [-0.39, 0.29) is 11.8 Å². The molecule has 3 N–H and O–H groups in total. The van der Waals surface area contributed by atoms with Crippen LogP contribution in [0.15, 0.2) is 49.3 Å². The van der Waals surface area contributed by atoms with Crippen molar-refractivity contribution >= 4 is 34.8 Å². The Hall–Kier alpha value is -4.22. The lowest BCUT2D eigenvalue weighted by molar-refractivity contribution is -0.127. The lowest BCUT2D eigenvalue weighted by atomic mass is 9.73.